The SMILES string of the molecule is CCCCCCCCCCCCCCCCCC(=O)NCCCCC(=O)OC. The number of hydrogen-bond acceptors (Lipinski definition) is 3. The van der Waals surface area contributed by atoms with Gasteiger partial charge in [0.15, 0.2) is 0 Å². The average Bonchev–Trinajstić information content (AvgIpc) is 2.70. The Hall–Kier alpha value is -1.06. The first kappa shape index (κ1) is 26.9. The zero-order chi connectivity index (χ0) is 20.7. The van der Waals surface area contributed by atoms with E-state index >= 15 is 0 Å². The maximum atomic E-state index is 11.7. The van der Waals surface area contributed by atoms with Crippen molar-refractivity contribution in [3.63, 3.8) is 0 Å². The number of hydrogen-bond donors (Lipinski definition) is 1. The van der Waals surface area contributed by atoms with Gasteiger partial charge >= 0.3 is 5.97 Å². The van der Waals surface area contributed by atoms with Gasteiger partial charge in [0.1, 0.15) is 0 Å². The van der Waals surface area contributed by atoms with Crippen molar-refractivity contribution in [1.29, 1.82) is 0 Å². The summed E-state index contributed by atoms with van der Waals surface area (Å²) in [4.78, 5) is 22.7. The lowest BCUT2D eigenvalue weighted by molar-refractivity contribution is -0.140. The van der Waals surface area contributed by atoms with E-state index in [0.29, 0.717) is 19.4 Å². The summed E-state index contributed by atoms with van der Waals surface area (Å²) in [7, 11) is 1.40. The van der Waals surface area contributed by atoms with Crippen LogP contribution in [0.4, 0.5) is 0 Å². The summed E-state index contributed by atoms with van der Waals surface area (Å²) in [5.41, 5.74) is 0. The molecule has 0 saturated carbocycles. The number of methoxy groups -OCH3 is 1. The van der Waals surface area contributed by atoms with Crippen LogP contribution in [0.5, 0.6) is 0 Å². The van der Waals surface area contributed by atoms with E-state index in [1.54, 1.807) is 0 Å². The zero-order valence-corrected chi connectivity index (χ0v) is 18.9. The third-order valence-electron chi connectivity index (χ3n) is 5.36. The summed E-state index contributed by atoms with van der Waals surface area (Å²) in [6.45, 7) is 2.94. The lowest BCUT2D eigenvalue weighted by Gasteiger charge is -2.05. The normalized spacial score (nSPS) is 10.8. The summed E-state index contributed by atoms with van der Waals surface area (Å²) >= 11 is 0. The molecule has 0 atom stereocenters. The van der Waals surface area contributed by atoms with E-state index in [0.717, 1.165) is 25.7 Å². The summed E-state index contributed by atoms with van der Waals surface area (Å²) < 4.78 is 4.59. The van der Waals surface area contributed by atoms with E-state index in [9.17, 15) is 9.59 Å². The molecule has 0 spiro atoms. The number of ether oxygens (including phenoxy) is 1. The molecule has 0 aliphatic carbocycles. The Morgan fingerprint density at radius 3 is 1.50 bits per heavy atom. The zero-order valence-electron chi connectivity index (χ0n) is 18.9. The van der Waals surface area contributed by atoms with Gasteiger partial charge in [0, 0.05) is 19.4 Å². The quantitative estimate of drug-likeness (QED) is 0.173. The van der Waals surface area contributed by atoms with Crippen LogP contribution in [0.2, 0.25) is 0 Å². The van der Waals surface area contributed by atoms with Crippen LogP contribution in [-0.4, -0.2) is 25.5 Å². The van der Waals surface area contributed by atoms with Crippen LogP contribution in [0, 0.1) is 0 Å². The van der Waals surface area contributed by atoms with Crippen LogP contribution in [0.25, 0.3) is 0 Å². The van der Waals surface area contributed by atoms with Crippen LogP contribution in [0.15, 0.2) is 0 Å². The molecule has 0 fully saturated rings. The molecule has 0 aromatic rings. The van der Waals surface area contributed by atoms with Crippen LogP contribution < -0.4 is 5.32 Å². The van der Waals surface area contributed by atoms with Gasteiger partial charge in [-0.2, -0.15) is 0 Å². The maximum absolute atomic E-state index is 11.7. The molecular weight excluding hydrogens is 350 g/mol. The summed E-state index contributed by atoms with van der Waals surface area (Å²) in [6.07, 6.45) is 22.8. The third-order valence-corrected chi connectivity index (χ3v) is 5.36. The number of esters is 1. The van der Waals surface area contributed by atoms with Gasteiger partial charge in [-0.3, -0.25) is 9.59 Å². The van der Waals surface area contributed by atoms with Crippen molar-refractivity contribution in [2.45, 2.75) is 129 Å². The molecule has 0 aromatic carbocycles. The molecule has 4 heteroatoms. The van der Waals surface area contributed by atoms with E-state index in [1.807, 2.05) is 0 Å². The van der Waals surface area contributed by atoms with E-state index in [1.165, 1.54) is 90.6 Å². The van der Waals surface area contributed by atoms with Gasteiger partial charge in [-0.1, -0.05) is 96.8 Å². The second-order valence-corrected chi connectivity index (χ2v) is 8.08. The summed E-state index contributed by atoms with van der Waals surface area (Å²) in [5.74, 6) is -0.0307. The topological polar surface area (TPSA) is 55.4 Å². The number of carbonyl (C=O) groups is 2. The summed E-state index contributed by atoms with van der Waals surface area (Å²) in [6, 6.07) is 0. The van der Waals surface area contributed by atoms with Gasteiger partial charge in [0.2, 0.25) is 5.91 Å². The molecule has 0 aliphatic heterocycles. The van der Waals surface area contributed by atoms with E-state index in [-0.39, 0.29) is 11.9 Å². The van der Waals surface area contributed by atoms with Crippen molar-refractivity contribution >= 4 is 11.9 Å². The first-order valence-corrected chi connectivity index (χ1v) is 12.0. The molecule has 0 heterocycles. The predicted octanol–water partition coefficient (Wildman–Crippen LogP) is 6.71. The largest absolute Gasteiger partial charge is 0.469 e. The van der Waals surface area contributed by atoms with Gasteiger partial charge in [-0.15, -0.1) is 0 Å². The molecule has 1 amide bonds. The lowest BCUT2D eigenvalue weighted by atomic mass is 10.0. The van der Waals surface area contributed by atoms with Crippen LogP contribution >= 0.6 is 0 Å². The van der Waals surface area contributed by atoms with Gasteiger partial charge in [0.05, 0.1) is 7.11 Å². The highest BCUT2D eigenvalue weighted by atomic mass is 16.5. The van der Waals surface area contributed by atoms with Gasteiger partial charge in [0.25, 0.3) is 0 Å². The Labute approximate surface area is 174 Å². The molecule has 0 radical (unpaired) electrons. The highest BCUT2D eigenvalue weighted by Gasteiger charge is 2.02. The second-order valence-electron chi connectivity index (χ2n) is 8.08. The van der Waals surface area contributed by atoms with Crippen molar-refractivity contribution in [2.24, 2.45) is 0 Å². The smallest absolute Gasteiger partial charge is 0.305 e. The van der Waals surface area contributed by atoms with Crippen molar-refractivity contribution < 1.29 is 14.3 Å². The highest BCUT2D eigenvalue weighted by Crippen LogP contribution is 2.13. The van der Waals surface area contributed by atoms with Gasteiger partial charge in [-0.25, -0.2) is 0 Å². The number of amides is 1. The van der Waals surface area contributed by atoms with Crippen molar-refractivity contribution in [2.75, 3.05) is 13.7 Å². The Kier molecular flexibility index (Phi) is 21.4. The molecule has 0 aliphatic rings. The molecule has 0 bridgehead atoms. The van der Waals surface area contributed by atoms with E-state index < -0.39 is 0 Å². The molecule has 166 valence electrons. The minimum absolute atomic E-state index is 0.146. The molecule has 0 saturated heterocycles. The van der Waals surface area contributed by atoms with Crippen LogP contribution in [0.3, 0.4) is 0 Å². The Bertz CT molecular complexity index is 358. The molecule has 4 nitrogen and oxygen atoms in total. The molecule has 0 unspecified atom stereocenters. The number of rotatable bonds is 21. The second kappa shape index (κ2) is 22.2. The van der Waals surface area contributed by atoms with Crippen LogP contribution in [0.1, 0.15) is 129 Å². The predicted molar refractivity (Wildman–Crippen MR) is 118 cm³/mol. The monoisotopic (exact) mass is 397 g/mol. The summed E-state index contributed by atoms with van der Waals surface area (Å²) in [5, 5.41) is 2.93. The van der Waals surface area contributed by atoms with Crippen molar-refractivity contribution in [3.8, 4) is 0 Å². The minimum atomic E-state index is -0.177. The van der Waals surface area contributed by atoms with E-state index in [4.69, 9.17) is 0 Å². The van der Waals surface area contributed by atoms with Crippen molar-refractivity contribution in [3.05, 3.63) is 0 Å². The van der Waals surface area contributed by atoms with Gasteiger partial charge in [-0.05, 0) is 19.3 Å². The fraction of sp³-hybridized carbons (Fsp3) is 0.917. The Balaban J connectivity index is 3.16. The molecular formula is C24H47NO3. The molecule has 28 heavy (non-hydrogen) atoms. The highest BCUT2D eigenvalue weighted by molar-refractivity contribution is 5.75. The average molecular weight is 398 g/mol. The van der Waals surface area contributed by atoms with E-state index in [2.05, 4.69) is 17.0 Å². The first-order chi connectivity index (χ1) is 13.7. The Morgan fingerprint density at radius 1 is 0.607 bits per heavy atom. The number of unbranched alkanes of at least 4 members (excludes halogenated alkanes) is 15. The van der Waals surface area contributed by atoms with Crippen molar-refractivity contribution in [1.82, 2.24) is 5.32 Å². The number of nitrogens with one attached hydrogen (secondary N) is 1. The van der Waals surface area contributed by atoms with Gasteiger partial charge < -0.3 is 10.1 Å². The number of carbonyl (C=O) groups excluding carboxylic acids is 2. The standard InChI is InChI=1S/C24H47NO3/c1-3-4-5-6-7-8-9-10-11-12-13-14-15-16-17-20-23(26)25-22-19-18-21-24(27)28-2/h3-22H2,1-2H3,(H,25,26). The lowest BCUT2D eigenvalue weighted by Crippen LogP contribution is -2.24. The molecule has 1 N–H and O–H groups in total. The van der Waals surface area contributed by atoms with Crippen LogP contribution in [-0.2, 0) is 14.3 Å². The third kappa shape index (κ3) is 21.2. The first-order valence-electron chi connectivity index (χ1n) is 12.0. The molecule has 0 aromatic heterocycles. The fourth-order valence-corrected chi connectivity index (χ4v) is 3.47. The fourth-order valence-electron chi connectivity index (χ4n) is 3.47. The molecule has 0 rings (SSSR count). The Morgan fingerprint density at radius 2 is 1.04 bits per heavy atom. The minimum Gasteiger partial charge on any atom is -0.469 e. The maximum Gasteiger partial charge on any atom is 0.305 e.